The third-order valence-corrected chi connectivity index (χ3v) is 6.50. The van der Waals surface area contributed by atoms with Crippen molar-refractivity contribution in [2.75, 3.05) is 17.6 Å². The summed E-state index contributed by atoms with van der Waals surface area (Å²) in [6, 6.07) is 4.35. The molecule has 0 aliphatic carbocycles. The number of anilines is 2. The SMILES string of the molecule is CC1(N2NCC(=S)O2)C(=O)Nc2nc(-c3nn(CCC(F)(F)C(F)(F)F)c4cc(Cl)ccc34)nc(N)c21. The number of nitrogens with one attached hydrogen (secondary N) is 2. The van der Waals surface area contributed by atoms with Crippen molar-refractivity contribution >= 4 is 57.3 Å². The van der Waals surface area contributed by atoms with Crippen LogP contribution in [0.5, 0.6) is 0 Å². The van der Waals surface area contributed by atoms with Crippen molar-refractivity contribution in [3.8, 4) is 11.5 Å². The van der Waals surface area contributed by atoms with Crippen LogP contribution in [-0.4, -0.2) is 54.5 Å². The number of hydroxylamine groups is 1. The van der Waals surface area contributed by atoms with E-state index in [0.717, 1.165) is 9.85 Å². The smallest absolute Gasteiger partial charge is 0.383 e. The quantitative estimate of drug-likeness (QED) is 0.316. The lowest BCUT2D eigenvalue weighted by atomic mass is 9.95. The molecule has 10 nitrogen and oxygen atoms in total. The monoisotopic (exact) mass is 562 g/mol. The fraction of sp³-hybridized carbons (Fsp3) is 0.350. The number of hydrogen-bond acceptors (Lipinski definition) is 9. The van der Waals surface area contributed by atoms with Crippen molar-refractivity contribution in [2.24, 2.45) is 0 Å². The maximum atomic E-state index is 13.6. The average molecular weight is 563 g/mol. The first-order valence-electron chi connectivity index (χ1n) is 10.6. The Morgan fingerprint density at radius 3 is 2.65 bits per heavy atom. The average Bonchev–Trinajstić information content (AvgIpc) is 3.46. The molecule has 5 rings (SSSR count). The van der Waals surface area contributed by atoms with Gasteiger partial charge in [-0.25, -0.2) is 15.4 Å². The van der Waals surface area contributed by atoms with Gasteiger partial charge in [0.25, 0.3) is 5.91 Å². The largest absolute Gasteiger partial charge is 0.453 e. The summed E-state index contributed by atoms with van der Waals surface area (Å²) < 4.78 is 66.2. The molecule has 0 saturated carbocycles. The van der Waals surface area contributed by atoms with Gasteiger partial charge in [0, 0.05) is 23.4 Å². The highest BCUT2D eigenvalue weighted by Crippen LogP contribution is 2.44. The van der Waals surface area contributed by atoms with Crippen LogP contribution in [0.15, 0.2) is 18.2 Å². The molecule has 1 amide bonds. The number of nitrogens with zero attached hydrogens (tertiary/aromatic N) is 5. The predicted molar refractivity (Wildman–Crippen MR) is 125 cm³/mol. The van der Waals surface area contributed by atoms with E-state index in [0.29, 0.717) is 5.39 Å². The summed E-state index contributed by atoms with van der Waals surface area (Å²) in [5, 5.41) is 8.66. The fourth-order valence-electron chi connectivity index (χ4n) is 4.11. The lowest BCUT2D eigenvalue weighted by molar-refractivity contribution is -0.285. The molecule has 0 spiro atoms. The first kappa shape index (κ1) is 25.4. The van der Waals surface area contributed by atoms with Crippen LogP contribution in [0, 0.1) is 0 Å². The maximum Gasteiger partial charge on any atom is 0.453 e. The molecule has 1 atom stereocenters. The number of aryl methyl sites for hydroxylation is 1. The Morgan fingerprint density at radius 2 is 2.00 bits per heavy atom. The number of nitrogens with two attached hydrogens (primary N) is 1. The second-order valence-corrected chi connectivity index (χ2v) is 9.35. The number of halogens is 6. The molecule has 1 unspecified atom stereocenters. The summed E-state index contributed by atoms with van der Waals surface area (Å²) in [5.74, 6) is -5.65. The van der Waals surface area contributed by atoms with E-state index in [2.05, 4.69) is 25.8 Å². The van der Waals surface area contributed by atoms with Gasteiger partial charge in [-0.1, -0.05) is 16.8 Å². The third-order valence-electron chi connectivity index (χ3n) is 6.04. The number of carbonyl (C=O) groups is 1. The molecular formula is C20H16ClF5N8O2S. The van der Waals surface area contributed by atoms with Gasteiger partial charge in [-0.2, -0.15) is 27.1 Å². The molecule has 196 valence electrons. The number of benzene rings is 1. The molecule has 1 aromatic carbocycles. The van der Waals surface area contributed by atoms with Gasteiger partial charge in [-0.15, -0.1) is 0 Å². The first-order chi connectivity index (χ1) is 17.2. The van der Waals surface area contributed by atoms with E-state index in [1.54, 1.807) is 0 Å². The number of aromatic nitrogens is 4. The van der Waals surface area contributed by atoms with Crippen LogP contribution < -0.4 is 16.5 Å². The standard InChI is InChI=1S/C20H16ClF5N8O2S/c1-18(34-28-7-11(37)36-34)12-14(27)29-16(30-15(12)31-17(18)35)13-9-3-2-8(21)6-10(9)33(32-13)5-4-19(22,23)20(24,25)26/h2-3,6,28H,4-5,7H2,1H3,(H3,27,29,30,31,35). The summed E-state index contributed by atoms with van der Waals surface area (Å²) in [4.78, 5) is 26.9. The van der Waals surface area contributed by atoms with Gasteiger partial charge in [-0.05, 0) is 37.3 Å². The summed E-state index contributed by atoms with van der Waals surface area (Å²) in [6.07, 6.45) is -7.26. The van der Waals surface area contributed by atoms with Gasteiger partial charge in [0.2, 0.25) is 5.05 Å². The zero-order valence-electron chi connectivity index (χ0n) is 18.7. The highest BCUT2D eigenvalue weighted by atomic mass is 35.5. The van der Waals surface area contributed by atoms with Crippen molar-refractivity contribution in [1.82, 2.24) is 30.3 Å². The summed E-state index contributed by atoms with van der Waals surface area (Å²) in [6.45, 7) is 0.920. The third kappa shape index (κ3) is 4.03. The fourth-order valence-corrected chi connectivity index (χ4v) is 4.42. The number of amides is 1. The molecule has 0 bridgehead atoms. The van der Waals surface area contributed by atoms with Crippen LogP contribution in [0.1, 0.15) is 18.9 Å². The molecule has 1 fully saturated rings. The van der Waals surface area contributed by atoms with E-state index in [9.17, 15) is 26.7 Å². The number of fused-ring (bicyclic) bond motifs is 2. The van der Waals surface area contributed by atoms with Crippen molar-refractivity contribution in [1.29, 1.82) is 0 Å². The Bertz CT molecular complexity index is 1460. The van der Waals surface area contributed by atoms with E-state index < -0.39 is 36.5 Å². The predicted octanol–water partition coefficient (Wildman–Crippen LogP) is 3.56. The molecule has 37 heavy (non-hydrogen) atoms. The molecule has 4 heterocycles. The number of nitrogen functional groups attached to an aromatic ring is 1. The number of rotatable bonds is 5. The summed E-state index contributed by atoms with van der Waals surface area (Å²) in [5.41, 5.74) is 7.97. The Kier molecular flexibility index (Phi) is 5.78. The normalized spacial score (nSPS) is 20.4. The number of hydrogen-bond donors (Lipinski definition) is 3. The number of hydrazine groups is 1. The minimum Gasteiger partial charge on any atom is -0.383 e. The van der Waals surface area contributed by atoms with Gasteiger partial charge in [0.15, 0.2) is 11.4 Å². The van der Waals surface area contributed by atoms with Crippen molar-refractivity contribution in [2.45, 2.75) is 37.5 Å². The van der Waals surface area contributed by atoms with Gasteiger partial charge in [0.05, 0.1) is 17.6 Å². The molecule has 3 aromatic rings. The van der Waals surface area contributed by atoms with Crippen LogP contribution in [-0.2, 0) is 21.7 Å². The van der Waals surface area contributed by atoms with Crippen LogP contribution in [0.4, 0.5) is 33.6 Å². The minimum absolute atomic E-state index is 0.0380. The zero-order valence-corrected chi connectivity index (χ0v) is 20.2. The molecular weight excluding hydrogens is 547 g/mol. The van der Waals surface area contributed by atoms with Gasteiger partial charge in [-0.3, -0.25) is 9.48 Å². The first-order valence-corrected chi connectivity index (χ1v) is 11.4. The lowest BCUT2D eigenvalue weighted by Gasteiger charge is -2.30. The summed E-state index contributed by atoms with van der Waals surface area (Å²) in [7, 11) is 0. The van der Waals surface area contributed by atoms with E-state index in [4.69, 9.17) is 34.4 Å². The molecule has 1 saturated heterocycles. The van der Waals surface area contributed by atoms with Gasteiger partial charge in [0.1, 0.15) is 17.3 Å². The molecule has 2 aromatic heterocycles. The van der Waals surface area contributed by atoms with Gasteiger partial charge >= 0.3 is 12.1 Å². The van der Waals surface area contributed by atoms with Crippen molar-refractivity contribution < 1.29 is 31.6 Å². The van der Waals surface area contributed by atoms with Crippen LogP contribution >= 0.6 is 23.8 Å². The second kappa shape index (κ2) is 8.41. The van der Waals surface area contributed by atoms with E-state index >= 15 is 0 Å². The zero-order chi connectivity index (χ0) is 26.9. The van der Waals surface area contributed by atoms with Crippen molar-refractivity contribution in [3.63, 3.8) is 0 Å². The minimum atomic E-state index is -5.71. The lowest BCUT2D eigenvalue weighted by Crippen LogP contribution is -2.51. The topological polar surface area (TPSA) is 123 Å². The summed E-state index contributed by atoms with van der Waals surface area (Å²) >= 11 is 11.0. The van der Waals surface area contributed by atoms with Crippen molar-refractivity contribution in [3.05, 3.63) is 28.8 Å². The second-order valence-electron chi connectivity index (χ2n) is 8.46. The van der Waals surface area contributed by atoms with Crippen LogP contribution in [0.3, 0.4) is 0 Å². The molecule has 0 radical (unpaired) electrons. The van der Waals surface area contributed by atoms with Crippen LogP contribution in [0.2, 0.25) is 5.02 Å². The molecule has 2 aliphatic heterocycles. The Hall–Kier alpha value is -3.21. The number of alkyl halides is 5. The number of carbonyl (C=O) groups excluding carboxylic acids is 1. The molecule has 17 heteroatoms. The van der Waals surface area contributed by atoms with E-state index in [-0.39, 0.29) is 50.9 Å². The Labute approximate surface area is 214 Å². The Morgan fingerprint density at radius 1 is 1.27 bits per heavy atom. The van der Waals surface area contributed by atoms with E-state index in [1.807, 2.05) is 0 Å². The Balaban J connectivity index is 1.57. The van der Waals surface area contributed by atoms with Gasteiger partial charge < -0.3 is 15.9 Å². The highest BCUT2D eigenvalue weighted by molar-refractivity contribution is 7.80. The number of thiocarbonyl (C=S) groups is 1. The molecule has 4 N–H and O–H groups in total. The highest BCUT2D eigenvalue weighted by Gasteiger charge is 2.57. The van der Waals surface area contributed by atoms with E-state index in [1.165, 1.54) is 25.1 Å². The maximum absolute atomic E-state index is 13.6. The molecule has 2 aliphatic rings. The van der Waals surface area contributed by atoms with Crippen LogP contribution in [0.25, 0.3) is 22.4 Å².